The van der Waals surface area contributed by atoms with Gasteiger partial charge >= 0.3 is 0 Å². The van der Waals surface area contributed by atoms with E-state index in [0.717, 1.165) is 30.6 Å². The summed E-state index contributed by atoms with van der Waals surface area (Å²) in [5, 5.41) is 2.98. The van der Waals surface area contributed by atoms with Gasteiger partial charge in [-0.3, -0.25) is 4.79 Å². The molecule has 1 amide bonds. The number of furan rings is 2. The van der Waals surface area contributed by atoms with Crippen molar-refractivity contribution in [3.05, 3.63) is 46.2 Å². The van der Waals surface area contributed by atoms with Crippen LogP contribution in [0, 0.1) is 0 Å². The number of amides is 1. The molecule has 0 bridgehead atoms. The third-order valence-electron chi connectivity index (χ3n) is 3.15. The number of aryl methyl sites for hydroxylation is 1. The van der Waals surface area contributed by atoms with Gasteiger partial charge in [-0.1, -0.05) is 0 Å². The lowest BCUT2D eigenvalue weighted by Crippen LogP contribution is -2.30. The SMILES string of the molecule is O=C(NC1CCCc2occc21)c1ccc(Br)o1. The van der Waals surface area contributed by atoms with Crippen LogP contribution >= 0.6 is 15.9 Å². The van der Waals surface area contributed by atoms with Gasteiger partial charge in [-0.15, -0.1) is 0 Å². The smallest absolute Gasteiger partial charge is 0.287 e. The Balaban J connectivity index is 1.77. The van der Waals surface area contributed by atoms with Crippen LogP contribution in [0.5, 0.6) is 0 Å². The van der Waals surface area contributed by atoms with E-state index in [2.05, 4.69) is 21.2 Å². The van der Waals surface area contributed by atoms with E-state index in [4.69, 9.17) is 8.83 Å². The molecule has 0 aliphatic heterocycles. The van der Waals surface area contributed by atoms with Gasteiger partial charge in [-0.25, -0.2) is 0 Å². The molecule has 18 heavy (non-hydrogen) atoms. The monoisotopic (exact) mass is 309 g/mol. The Bertz CT molecular complexity index is 572. The van der Waals surface area contributed by atoms with Crippen LogP contribution in [0.2, 0.25) is 0 Å². The zero-order valence-corrected chi connectivity index (χ0v) is 11.2. The van der Waals surface area contributed by atoms with Gasteiger partial charge < -0.3 is 14.2 Å². The standard InChI is InChI=1S/C13H12BrNO3/c14-12-5-4-11(18-12)13(16)15-9-2-1-3-10-8(9)6-7-17-10/h4-7,9H,1-3H2,(H,15,16). The van der Waals surface area contributed by atoms with E-state index in [1.54, 1.807) is 18.4 Å². The minimum atomic E-state index is -0.195. The number of halogens is 1. The lowest BCUT2D eigenvalue weighted by atomic mass is 9.93. The summed E-state index contributed by atoms with van der Waals surface area (Å²) in [4.78, 5) is 12.0. The van der Waals surface area contributed by atoms with Crippen molar-refractivity contribution in [3.63, 3.8) is 0 Å². The minimum Gasteiger partial charge on any atom is -0.469 e. The molecule has 0 spiro atoms. The molecule has 1 unspecified atom stereocenters. The van der Waals surface area contributed by atoms with Crippen LogP contribution in [0.1, 0.15) is 40.8 Å². The Hall–Kier alpha value is -1.49. The first kappa shape index (κ1) is 11.6. The Labute approximate surface area is 112 Å². The predicted molar refractivity (Wildman–Crippen MR) is 68.3 cm³/mol. The summed E-state index contributed by atoms with van der Waals surface area (Å²) in [7, 11) is 0. The summed E-state index contributed by atoms with van der Waals surface area (Å²) in [6.45, 7) is 0. The Kier molecular flexibility index (Phi) is 2.99. The number of hydrogen-bond acceptors (Lipinski definition) is 3. The largest absolute Gasteiger partial charge is 0.469 e. The number of fused-ring (bicyclic) bond motifs is 1. The molecule has 1 aliphatic rings. The van der Waals surface area contributed by atoms with Crippen molar-refractivity contribution in [2.45, 2.75) is 25.3 Å². The van der Waals surface area contributed by atoms with Crippen LogP contribution in [0.3, 0.4) is 0 Å². The highest BCUT2D eigenvalue weighted by atomic mass is 79.9. The summed E-state index contributed by atoms with van der Waals surface area (Å²) in [6, 6.07) is 5.30. The highest BCUT2D eigenvalue weighted by Crippen LogP contribution is 2.30. The summed E-state index contributed by atoms with van der Waals surface area (Å²) in [5.41, 5.74) is 1.08. The van der Waals surface area contributed by atoms with Gasteiger partial charge in [-0.05, 0) is 47.0 Å². The lowest BCUT2D eigenvalue weighted by Gasteiger charge is -2.22. The van der Waals surface area contributed by atoms with Crippen molar-refractivity contribution >= 4 is 21.8 Å². The molecule has 2 aromatic heterocycles. The molecule has 4 nitrogen and oxygen atoms in total. The van der Waals surface area contributed by atoms with Crippen LogP contribution in [0.15, 0.2) is 38.0 Å². The first-order valence-electron chi connectivity index (χ1n) is 5.86. The second-order valence-electron chi connectivity index (χ2n) is 4.32. The number of carbonyl (C=O) groups excluding carboxylic acids is 1. The second-order valence-corrected chi connectivity index (χ2v) is 5.10. The summed E-state index contributed by atoms with van der Waals surface area (Å²) >= 11 is 3.18. The quantitative estimate of drug-likeness (QED) is 0.924. The van der Waals surface area contributed by atoms with Crippen molar-refractivity contribution in [1.29, 1.82) is 0 Å². The number of nitrogens with one attached hydrogen (secondary N) is 1. The second kappa shape index (κ2) is 4.65. The maximum atomic E-state index is 12.0. The fraction of sp³-hybridized carbons (Fsp3) is 0.308. The molecular weight excluding hydrogens is 298 g/mol. The third kappa shape index (κ3) is 2.10. The zero-order chi connectivity index (χ0) is 12.5. The van der Waals surface area contributed by atoms with Gasteiger partial charge in [0.1, 0.15) is 5.76 Å². The van der Waals surface area contributed by atoms with Crippen LogP contribution in [-0.2, 0) is 6.42 Å². The van der Waals surface area contributed by atoms with Crippen molar-refractivity contribution in [3.8, 4) is 0 Å². The van der Waals surface area contributed by atoms with Crippen LogP contribution in [-0.4, -0.2) is 5.91 Å². The van der Waals surface area contributed by atoms with Gasteiger partial charge in [0, 0.05) is 12.0 Å². The molecule has 2 aromatic rings. The first-order chi connectivity index (χ1) is 8.74. The molecule has 5 heteroatoms. The molecule has 1 N–H and O–H groups in total. The fourth-order valence-corrected chi connectivity index (χ4v) is 2.61. The van der Waals surface area contributed by atoms with Gasteiger partial charge in [0.25, 0.3) is 5.91 Å². The Morgan fingerprint density at radius 1 is 1.39 bits per heavy atom. The van der Waals surface area contributed by atoms with E-state index in [-0.39, 0.29) is 11.9 Å². The minimum absolute atomic E-state index is 0.0175. The van der Waals surface area contributed by atoms with Gasteiger partial charge in [-0.2, -0.15) is 0 Å². The van der Waals surface area contributed by atoms with Crippen LogP contribution in [0.25, 0.3) is 0 Å². The normalized spacial score (nSPS) is 18.4. The molecule has 2 heterocycles. The maximum Gasteiger partial charge on any atom is 0.287 e. The van der Waals surface area contributed by atoms with E-state index < -0.39 is 0 Å². The van der Waals surface area contributed by atoms with E-state index >= 15 is 0 Å². The fourth-order valence-electron chi connectivity index (χ4n) is 2.30. The van der Waals surface area contributed by atoms with Crippen molar-refractivity contribution in [2.75, 3.05) is 0 Å². The summed E-state index contributed by atoms with van der Waals surface area (Å²) in [5.74, 6) is 1.10. The molecule has 1 atom stereocenters. The van der Waals surface area contributed by atoms with Crippen LogP contribution in [0.4, 0.5) is 0 Å². The zero-order valence-electron chi connectivity index (χ0n) is 9.61. The number of hydrogen-bond donors (Lipinski definition) is 1. The molecule has 3 rings (SSSR count). The molecule has 0 saturated carbocycles. The van der Waals surface area contributed by atoms with Gasteiger partial charge in [0.15, 0.2) is 10.4 Å². The molecule has 0 saturated heterocycles. The summed E-state index contributed by atoms with van der Waals surface area (Å²) in [6.07, 6.45) is 4.58. The summed E-state index contributed by atoms with van der Waals surface area (Å²) < 4.78 is 11.2. The molecule has 94 valence electrons. The molecular formula is C13H12BrNO3. The average molecular weight is 310 g/mol. The molecule has 1 aliphatic carbocycles. The number of carbonyl (C=O) groups is 1. The van der Waals surface area contributed by atoms with Crippen LogP contribution < -0.4 is 5.32 Å². The van der Waals surface area contributed by atoms with Gasteiger partial charge in [0.05, 0.1) is 12.3 Å². The Morgan fingerprint density at radius 3 is 3.06 bits per heavy atom. The van der Waals surface area contributed by atoms with Crippen molar-refractivity contribution in [2.24, 2.45) is 0 Å². The van der Waals surface area contributed by atoms with Crippen molar-refractivity contribution in [1.82, 2.24) is 5.32 Å². The molecule has 0 fully saturated rings. The average Bonchev–Trinajstić information content (AvgIpc) is 2.97. The van der Waals surface area contributed by atoms with Crippen molar-refractivity contribution < 1.29 is 13.6 Å². The highest BCUT2D eigenvalue weighted by Gasteiger charge is 2.25. The first-order valence-corrected chi connectivity index (χ1v) is 6.66. The van der Waals surface area contributed by atoms with E-state index in [1.165, 1.54) is 0 Å². The number of rotatable bonds is 2. The van der Waals surface area contributed by atoms with E-state index in [9.17, 15) is 4.79 Å². The van der Waals surface area contributed by atoms with E-state index in [0.29, 0.717) is 10.4 Å². The third-order valence-corrected chi connectivity index (χ3v) is 3.58. The lowest BCUT2D eigenvalue weighted by molar-refractivity contribution is 0.0903. The van der Waals surface area contributed by atoms with Gasteiger partial charge in [0.2, 0.25) is 0 Å². The van der Waals surface area contributed by atoms with E-state index in [1.807, 2.05) is 6.07 Å². The molecule has 0 aromatic carbocycles. The highest BCUT2D eigenvalue weighted by molar-refractivity contribution is 9.10. The topological polar surface area (TPSA) is 55.4 Å². The molecule has 0 radical (unpaired) electrons. The Morgan fingerprint density at radius 2 is 2.28 bits per heavy atom. The predicted octanol–water partition coefficient (Wildman–Crippen LogP) is 3.44. The maximum absolute atomic E-state index is 12.0.